The predicted octanol–water partition coefficient (Wildman–Crippen LogP) is 2.54. The van der Waals surface area contributed by atoms with Gasteiger partial charge in [-0.1, -0.05) is 0 Å². The summed E-state index contributed by atoms with van der Waals surface area (Å²) in [6.45, 7) is 4.56. The monoisotopic (exact) mass is 403 g/mol. The van der Waals surface area contributed by atoms with Gasteiger partial charge in [0.05, 0.1) is 18.4 Å². The second-order valence-corrected chi connectivity index (χ2v) is 6.86. The first-order valence-electron chi connectivity index (χ1n) is 9.15. The molecule has 0 radical (unpaired) electrons. The standard InChI is InChI=1S/C18H29N5O.2ClH/c1-19-16-6-5-9-22(13-16)14-18(24)21-15-7-8-17(20-12-15)23-10-3-2-4-11-23;;/h7-8,12,16,19H,2-6,9-11,13-14H2,1H3,(H,21,24);2*1H. The second-order valence-electron chi connectivity index (χ2n) is 6.86. The zero-order valence-electron chi connectivity index (χ0n) is 15.4. The van der Waals surface area contributed by atoms with E-state index in [0.717, 1.165) is 44.1 Å². The average molecular weight is 404 g/mol. The quantitative estimate of drug-likeness (QED) is 0.790. The van der Waals surface area contributed by atoms with Gasteiger partial charge in [0.2, 0.25) is 5.91 Å². The number of piperidine rings is 2. The predicted molar refractivity (Wildman–Crippen MR) is 112 cm³/mol. The Balaban J connectivity index is 0.00000169. The van der Waals surface area contributed by atoms with E-state index < -0.39 is 0 Å². The minimum absolute atomic E-state index is 0. The Morgan fingerprint density at radius 3 is 2.58 bits per heavy atom. The van der Waals surface area contributed by atoms with Crippen molar-refractivity contribution in [2.75, 3.05) is 50.0 Å². The Morgan fingerprint density at radius 2 is 1.92 bits per heavy atom. The van der Waals surface area contributed by atoms with Crippen LogP contribution in [0.4, 0.5) is 11.5 Å². The zero-order valence-corrected chi connectivity index (χ0v) is 17.1. The molecule has 3 heterocycles. The third-order valence-corrected chi connectivity index (χ3v) is 4.99. The van der Waals surface area contributed by atoms with E-state index in [0.29, 0.717) is 12.6 Å². The van der Waals surface area contributed by atoms with Crippen molar-refractivity contribution in [1.29, 1.82) is 0 Å². The van der Waals surface area contributed by atoms with Gasteiger partial charge in [0.15, 0.2) is 0 Å². The Kier molecular flexibility index (Phi) is 10.2. The van der Waals surface area contributed by atoms with Gasteiger partial charge in [0, 0.05) is 25.7 Å². The number of halogens is 2. The molecule has 1 atom stereocenters. The second kappa shape index (κ2) is 11.6. The number of nitrogens with one attached hydrogen (secondary N) is 2. The van der Waals surface area contributed by atoms with E-state index in [1.807, 2.05) is 19.2 Å². The first kappa shape index (κ1) is 23.0. The van der Waals surface area contributed by atoms with E-state index in [1.165, 1.54) is 25.7 Å². The van der Waals surface area contributed by atoms with Crippen LogP contribution in [0.2, 0.25) is 0 Å². The number of hydrogen-bond donors (Lipinski definition) is 2. The van der Waals surface area contributed by atoms with E-state index in [4.69, 9.17) is 0 Å². The molecule has 2 fully saturated rings. The van der Waals surface area contributed by atoms with E-state index in [1.54, 1.807) is 6.20 Å². The molecule has 1 aromatic rings. The fraction of sp³-hybridized carbons (Fsp3) is 0.667. The smallest absolute Gasteiger partial charge is 0.238 e. The highest BCUT2D eigenvalue weighted by atomic mass is 35.5. The number of nitrogens with zero attached hydrogens (tertiary/aromatic N) is 3. The number of hydrogen-bond acceptors (Lipinski definition) is 5. The molecule has 3 rings (SSSR count). The Hall–Kier alpha value is -1.08. The number of carbonyl (C=O) groups excluding carboxylic acids is 1. The molecule has 0 aliphatic carbocycles. The Morgan fingerprint density at radius 1 is 1.15 bits per heavy atom. The summed E-state index contributed by atoms with van der Waals surface area (Å²) >= 11 is 0. The van der Waals surface area contributed by atoms with Crippen molar-refractivity contribution in [2.24, 2.45) is 0 Å². The summed E-state index contributed by atoms with van der Waals surface area (Å²) in [4.78, 5) is 21.3. The molecule has 6 nitrogen and oxygen atoms in total. The molecule has 2 saturated heterocycles. The first-order valence-corrected chi connectivity index (χ1v) is 9.15. The van der Waals surface area contributed by atoms with Crippen molar-refractivity contribution >= 4 is 42.2 Å². The number of pyridine rings is 1. The number of likely N-dealkylation sites (N-methyl/N-ethyl adjacent to an activating group) is 1. The van der Waals surface area contributed by atoms with Gasteiger partial charge in [-0.15, -0.1) is 24.8 Å². The van der Waals surface area contributed by atoms with Crippen LogP contribution in [-0.4, -0.2) is 61.6 Å². The number of rotatable bonds is 5. The molecule has 0 spiro atoms. The lowest BCUT2D eigenvalue weighted by atomic mass is 10.1. The summed E-state index contributed by atoms with van der Waals surface area (Å²) in [6, 6.07) is 4.47. The van der Waals surface area contributed by atoms with Crippen molar-refractivity contribution in [1.82, 2.24) is 15.2 Å². The largest absolute Gasteiger partial charge is 0.357 e. The topological polar surface area (TPSA) is 60.5 Å². The molecule has 1 aromatic heterocycles. The molecule has 1 unspecified atom stereocenters. The highest BCUT2D eigenvalue weighted by Gasteiger charge is 2.20. The SMILES string of the molecule is CNC1CCCN(CC(=O)Nc2ccc(N3CCCCC3)nc2)C1.Cl.Cl. The van der Waals surface area contributed by atoms with Crippen LogP contribution in [-0.2, 0) is 4.79 Å². The van der Waals surface area contributed by atoms with Crippen molar-refractivity contribution in [3.05, 3.63) is 18.3 Å². The Bertz CT molecular complexity index is 537. The van der Waals surface area contributed by atoms with Gasteiger partial charge in [-0.05, 0) is 57.8 Å². The highest BCUT2D eigenvalue weighted by Crippen LogP contribution is 2.19. The number of likely N-dealkylation sites (tertiary alicyclic amines) is 1. The number of amides is 1. The molecule has 0 saturated carbocycles. The van der Waals surface area contributed by atoms with Crippen molar-refractivity contribution in [2.45, 2.75) is 38.1 Å². The summed E-state index contributed by atoms with van der Waals surface area (Å²) < 4.78 is 0. The van der Waals surface area contributed by atoms with Crippen LogP contribution >= 0.6 is 24.8 Å². The van der Waals surface area contributed by atoms with Gasteiger partial charge in [-0.3, -0.25) is 9.69 Å². The molecule has 0 aromatic carbocycles. The van der Waals surface area contributed by atoms with E-state index in [-0.39, 0.29) is 30.7 Å². The van der Waals surface area contributed by atoms with Crippen molar-refractivity contribution < 1.29 is 4.79 Å². The van der Waals surface area contributed by atoms with E-state index in [2.05, 4.69) is 25.4 Å². The summed E-state index contributed by atoms with van der Waals surface area (Å²) in [5, 5.41) is 6.28. The number of anilines is 2. The number of carbonyl (C=O) groups is 1. The van der Waals surface area contributed by atoms with Crippen LogP contribution in [0.5, 0.6) is 0 Å². The molecular weight excluding hydrogens is 373 g/mol. The molecule has 26 heavy (non-hydrogen) atoms. The minimum Gasteiger partial charge on any atom is -0.357 e. The van der Waals surface area contributed by atoms with Crippen molar-refractivity contribution in [3.63, 3.8) is 0 Å². The van der Waals surface area contributed by atoms with E-state index >= 15 is 0 Å². The maximum Gasteiger partial charge on any atom is 0.238 e. The molecular formula is C18H31Cl2N5O. The lowest BCUT2D eigenvalue weighted by Crippen LogP contribution is -2.46. The fourth-order valence-corrected chi connectivity index (χ4v) is 3.61. The van der Waals surface area contributed by atoms with Crippen LogP contribution in [0, 0.1) is 0 Å². The zero-order chi connectivity index (χ0) is 16.8. The maximum atomic E-state index is 12.3. The molecule has 8 heteroatoms. The van der Waals surface area contributed by atoms with Crippen LogP contribution < -0.4 is 15.5 Å². The van der Waals surface area contributed by atoms with Gasteiger partial charge in [0.1, 0.15) is 5.82 Å². The summed E-state index contributed by atoms with van der Waals surface area (Å²) in [7, 11) is 1.99. The molecule has 2 aliphatic rings. The van der Waals surface area contributed by atoms with Gasteiger partial charge >= 0.3 is 0 Å². The molecule has 148 valence electrons. The van der Waals surface area contributed by atoms with E-state index in [9.17, 15) is 4.79 Å². The van der Waals surface area contributed by atoms with Gasteiger partial charge in [-0.25, -0.2) is 4.98 Å². The normalized spacial score (nSPS) is 20.7. The average Bonchev–Trinajstić information content (AvgIpc) is 2.63. The van der Waals surface area contributed by atoms with Gasteiger partial charge in [0.25, 0.3) is 0 Å². The maximum absolute atomic E-state index is 12.3. The Labute approximate surface area is 168 Å². The number of aromatic nitrogens is 1. The van der Waals surface area contributed by atoms with Crippen LogP contribution in [0.1, 0.15) is 32.1 Å². The molecule has 1 amide bonds. The third kappa shape index (κ3) is 6.58. The first-order chi connectivity index (χ1) is 11.7. The third-order valence-electron chi connectivity index (χ3n) is 4.99. The van der Waals surface area contributed by atoms with Gasteiger partial charge < -0.3 is 15.5 Å². The van der Waals surface area contributed by atoms with Gasteiger partial charge in [-0.2, -0.15) is 0 Å². The molecule has 2 N–H and O–H groups in total. The van der Waals surface area contributed by atoms with Crippen LogP contribution in [0.15, 0.2) is 18.3 Å². The highest BCUT2D eigenvalue weighted by molar-refractivity contribution is 5.92. The summed E-state index contributed by atoms with van der Waals surface area (Å²) in [6.07, 6.45) is 7.90. The molecule has 0 bridgehead atoms. The summed E-state index contributed by atoms with van der Waals surface area (Å²) in [5.74, 6) is 1.06. The van der Waals surface area contributed by atoms with Crippen LogP contribution in [0.3, 0.4) is 0 Å². The lowest BCUT2D eigenvalue weighted by Gasteiger charge is -2.31. The fourth-order valence-electron chi connectivity index (χ4n) is 3.61. The lowest BCUT2D eigenvalue weighted by molar-refractivity contribution is -0.117. The van der Waals surface area contributed by atoms with Crippen LogP contribution in [0.25, 0.3) is 0 Å². The minimum atomic E-state index is 0. The summed E-state index contributed by atoms with van der Waals surface area (Å²) in [5.41, 5.74) is 0.780. The van der Waals surface area contributed by atoms with Crippen molar-refractivity contribution in [3.8, 4) is 0 Å². The molecule has 2 aliphatic heterocycles.